The molecule has 0 radical (unpaired) electrons. The molecule has 6 nitrogen and oxygen atoms in total. The second-order valence-electron chi connectivity index (χ2n) is 8.41. The smallest absolute Gasteiger partial charge is 0.304 e. The molecular formula is C26H30N2O4S. The van der Waals surface area contributed by atoms with Gasteiger partial charge in [-0.25, -0.2) is 4.98 Å². The van der Waals surface area contributed by atoms with Gasteiger partial charge < -0.3 is 14.6 Å². The average Bonchev–Trinajstić information content (AvgIpc) is 3.30. The van der Waals surface area contributed by atoms with E-state index >= 15 is 0 Å². The van der Waals surface area contributed by atoms with Gasteiger partial charge in [0.1, 0.15) is 5.01 Å². The summed E-state index contributed by atoms with van der Waals surface area (Å²) < 4.78 is 10.7. The molecule has 0 fully saturated rings. The first kappa shape index (κ1) is 23.2. The summed E-state index contributed by atoms with van der Waals surface area (Å²) in [5, 5.41) is 12.4. The number of thiazole rings is 1. The van der Waals surface area contributed by atoms with E-state index in [1.807, 2.05) is 23.6 Å². The number of carbonyl (C=O) groups is 1. The number of aliphatic carboxylic acids is 1. The number of carboxylic acid groups (broad SMARTS) is 1. The van der Waals surface area contributed by atoms with Gasteiger partial charge in [-0.3, -0.25) is 9.78 Å². The van der Waals surface area contributed by atoms with Crippen LogP contribution in [0.5, 0.6) is 11.5 Å². The molecule has 1 unspecified atom stereocenters. The van der Waals surface area contributed by atoms with Gasteiger partial charge in [0, 0.05) is 22.7 Å². The van der Waals surface area contributed by atoms with Crippen molar-refractivity contribution in [1.29, 1.82) is 0 Å². The normalized spacial score (nSPS) is 13.9. The molecule has 1 N–H and O–H groups in total. The lowest BCUT2D eigenvalue weighted by Crippen LogP contribution is -2.08. The lowest BCUT2D eigenvalue weighted by atomic mass is 9.95. The highest BCUT2D eigenvalue weighted by atomic mass is 32.1. The maximum atomic E-state index is 11.6. The van der Waals surface area contributed by atoms with Crippen LogP contribution in [0.15, 0.2) is 35.7 Å². The van der Waals surface area contributed by atoms with Gasteiger partial charge in [0.25, 0.3) is 0 Å². The summed E-state index contributed by atoms with van der Waals surface area (Å²) in [5.74, 6) is 0.0130. The fourth-order valence-electron chi connectivity index (χ4n) is 4.41. The zero-order valence-electron chi connectivity index (χ0n) is 19.2. The van der Waals surface area contributed by atoms with Crippen LogP contribution in [0.3, 0.4) is 0 Å². The number of aromatic nitrogens is 2. The number of nitrogens with zero attached hydrogens (tertiary/aromatic N) is 2. The summed E-state index contributed by atoms with van der Waals surface area (Å²) in [4.78, 5) is 21.3. The fraction of sp³-hybridized carbons (Fsp3) is 0.423. The summed E-state index contributed by atoms with van der Waals surface area (Å²) in [6.07, 6.45) is 7.47. The lowest BCUT2D eigenvalue weighted by molar-refractivity contribution is -0.137. The molecule has 33 heavy (non-hydrogen) atoms. The average molecular weight is 467 g/mol. The Morgan fingerprint density at radius 1 is 1.03 bits per heavy atom. The third-order valence-electron chi connectivity index (χ3n) is 6.16. The highest BCUT2D eigenvalue weighted by Gasteiger charge is 2.23. The maximum Gasteiger partial charge on any atom is 0.304 e. The second kappa shape index (κ2) is 10.8. The molecule has 2 heterocycles. The zero-order valence-corrected chi connectivity index (χ0v) is 20.0. The molecule has 1 aliphatic rings. The molecule has 0 saturated heterocycles. The Labute approximate surface area is 198 Å². The van der Waals surface area contributed by atoms with E-state index in [0.717, 1.165) is 54.1 Å². The van der Waals surface area contributed by atoms with Crippen molar-refractivity contribution >= 4 is 17.3 Å². The molecule has 0 amide bonds. The van der Waals surface area contributed by atoms with Crippen LogP contribution in [-0.4, -0.2) is 35.3 Å². The van der Waals surface area contributed by atoms with Crippen LogP contribution >= 0.6 is 11.3 Å². The van der Waals surface area contributed by atoms with Crippen molar-refractivity contribution in [3.8, 4) is 11.5 Å². The minimum atomic E-state index is -0.856. The van der Waals surface area contributed by atoms with Gasteiger partial charge in [0.05, 0.1) is 26.3 Å². The van der Waals surface area contributed by atoms with E-state index in [9.17, 15) is 9.90 Å². The Morgan fingerprint density at radius 2 is 1.82 bits per heavy atom. The number of rotatable bonds is 10. The molecule has 1 atom stereocenters. The molecule has 0 saturated carbocycles. The molecule has 3 aromatic rings. The van der Waals surface area contributed by atoms with E-state index < -0.39 is 5.97 Å². The molecule has 1 aliphatic carbocycles. The van der Waals surface area contributed by atoms with Crippen molar-refractivity contribution in [2.75, 3.05) is 14.2 Å². The third kappa shape index (κ3) is 5.71. The molecule has 1 aromatic carbocycles. The SMILES string of the molecule is COc1ccc(C(CC(=O)O)c2nc(CCCc3ccc4c(n3)CCCC4)cs2)cc1OC. The molecular weight excluding hydrogens is 436 g/mol. The first-order valence-electron chi connectivity index (χ1n) is 11.4. The molecule has 0 bridgehead atoms. The van der Waals surface area contributed by atoms with Crippen molar-refractivity contribution in [3.63, 3.8) is 0 Å². The van der Waals surface area contributed by atoms with E-state index in [0.29, 0.717) is 11.5 Å². The number of benzene rings is 1. The van der Waals surface area contributed by atoms with Crippen molar-refractivity contribution in [2.24, 2.45) is 0 Å². The Balaban J connectivity index is 1.44. The fourth-order valence-corrected chi connectivity index (χ4v) is 5.39. The van der Waals surface area contributed by atoms with Crippen molar-refractivity contribution in [2.45, 2.75) is 57.3 Å². The summed E-state index contributed by atoms with van der Waals surface area (Å²) >= 11 is 1.52. The van der Waals surface area contributed by atoms with Crippen molar-refractivity contribution < 1.29 is 19.4 Å². The minimum Gasteiger partial charge on any atom is -0.493 e. The highest BCUT2D eigenvalue weighted by Crippen LogP contribution is 2.36. The highest BCUT2D eigenvalue weighted by molar-refractivity contribution is 7.09. The topological polar surface area (TPSA) is 81.5 Å². The number of fused-ring (bicyclic) bond motifs is 1. The van der Waals surface area contributed by atoms with Gasteiger partial charge in [-0.1, -0.05) is 12.1 Å². The standard InChI is InChI=1S/C26H30N2O4S/c1-31-23-13-11-18(14-24(23)32-2)21(15-25(29)30)26-28-20(16-33-26)8-5-7-19-12-10-17-6-3-4-9-22(17)27-19/h10-14,16,21H,3-9,15H2,1-2H3,(H,29,30). The first-order valence-corrected chi connectivity index (χ1v) is 12.3. The van der Waals surface area contributed by atoms with Gasteiger partial charge in [-0.05, 0) is 74.3 Å². The maximum absolute atomic E-state index is 11.6. The molecule has 2 aromatic heterocycles. The second-order valence-corrected chi connectivity index (χ2v) is 9.30. The zero-order chi connectivity index (χ0) is 23.2. The number of carboxylic acids is 1. The van der Waals surface area contributed by atoms with Crippen molar-refractivity contribution in [1.82, 2.24) is 9.97 Å². The van der Waals surface area contributed by atoms with Gasteiger partial charge in [-0.15, -0.1) is 11.3 Å². The Morgan fingerprint density at radius 3 is 2.61 bits per heavy atom. The quantitative estimate of drug-likeness (QED) is 0.441. The van der Waals surface area contributed by atoms with E-state index in [4.69, 9.17) is 19.4 Å². The Hall–Kier alpha value is -2.93. The van der Waals surface area contributed by atoms with Crippen LogP contribution in [0.1, 0.15) is 64.8 Å². The molecule has 0 aliphatic heterocycles. The monoisotopic (exact) mass is 466 g/mol. The lowest BCUT2D eigenvalue weighted by Gasteiger charge is -2.15. The van der Waals surface area contributed by atoms with Crippen LogP contribution in [-0.2, 0) is 30.5 Å². The van der Waals surface area contributed by atoms with Gasteiger partial charge in [-0.2, -0.15) is 0 Å². The third-order valence-corrected chi connectivity index (χ3v) is 7.17. The van der Waals surface area contributed by atoms with E-state index in [2.05, 4.69) is 12.1 Å². The molecule has 174 valence electrons. The Bertz CT molecular complexity index is 1110. The van der Waals surface area contributed by atoms with Crippen LogP contribution < -0.4 is 9.47 Å². The van der Waals surface area contributed by atoms with E-state index in [-0.39, 0.29) is 12.3 Å². The predicted molar refractivity (Wildman–Crippen MR) is 129 cm³/mol. The van der Waals surface area contributed by atoms with E-state index in [1.165, 1.54) is 35.4 Å². The van der Waals surface area contributed by atoms with Crippen LogP contribution in [0.25, 0.3) is 0 Å². The number of methoxy groups -OCH3 is 2. The summed E-state index contributed by atoms with van der Waals surface area (Å²) in [7, 11) is 3.16. The number of hydrogen-bond donors (Lipinski definition) is 1. The number of aryl methyl sites for hydroxylation is 4. The summed E-state index contributed by atoms with van der Waals surface area (Å²) in [6, 6.07) is 9.95. The summed E-state index contributed by atoms with van der Waals surface area (Å²) in [6.45, 7) is 0. The molecule has 4 rings (SSSR count). The van der Waals surface area contributed by atoms with Gasteiger partial charge in [0.15, 0.2) is 11.5 Å². The number of hydrogen-bond acceptors (Lipinski definition) is 6. The molecule has 7 heteroatoms. The molecule has 0 spiro atoms. The minimum absolute atomic E-state index is 0.0263. The van der Waals surface area contributed by atoms with Crippen LogP contribution in [0.4, 0.5) is 0 Å². The Kier molecular flexibility index (Phi) is 7.60. The number of ether oxygens (including phenoxy) is 2. The van der Waals surface area contributed by atoms with Crippen LogP contribution in [0.2, 0.25) is 0 Å². The van der Waals surface area contributed by atoms with Crippen LogP contribution in [0, 0.1) is 0 Å². The first-order chi connectivity index (χ1) is 16.1. The van der Waals surface area contributed by atoms with Gasteiger partial charge in [0.2, 0.25) is 0 Å². The van der Waals surface area contributed by atoms with E-state index in [1.54, 1.807) is 14.2 Å². The summed E-state index contributed by atoms with van der Waals surface area (Å²) in [5.41, 5.74) is 5.70. The van der Waals surface area contributed by atoms with Gasteiger partial charge >= 0.3 is 5.97 Å². The largest absolute Gasteiger partial charge is 0.493 e. The number of pyridine rings is 1. The predicted octanol–water partition coefficient (Wildman–Crippen LogP) is 5.22. The van der Waals surface area contributed by atoms with Crippen molar-refractivity contribution in [3.05, 3.63) is 68.9 Å².